The molecule has 0 aliphatic rings. The number of nitrogens with one attached hydrogen (secondary N) is 2. The van der Waals surface area contributed by atoms with E-state index in [0.29, 0.717) is 11.7 Å². The third kappa shape index (κ3) is 5.66. The standard InChI is InChI=1S/C15H21N3S/c1-5-10-16-14(19)18-17-11-12-6-8-13(9-7-12)15(2,3)4/h5-9,11H,1,10H2,2-4H3,(H2,16,18,19)/b17-11+. The third-order valence-corrected chi connectivity index (χ3v) is 2.80. The molecule has 1 aromatic rings. The van der Waals surface area contributed by atoms with E-state index >= 15 is 0 Å². The highest BCUT2D eigenvalue weighted by Gasteiger charge is 2.12. The number of hydrogen-bond donors (Lipinski definition) is 2. The predicted octanol–water partition coefficient (Wildman–Crippen LogP) is 2.97. The molecule has 0 unspecified atom stereocenters. The highest BCUT2D eigenvalue weighted by molar-refractivity contribution is 7.80. The van der Waals surface area contributed by atoms with Gasteiger partial charge in [0.25, 0.3) is 0 Å². The van der Waals surface area contributed by atoms with E-state index in [-0.39, 0.29) is 5.41 Å². The van der Waals surface area contributed by atoms with Gasteiger partial charge in [-0.2, -0.15) is 5.10 Å². The fourth-order valence-electron chi connectivity index (χ4n) is 1.44. The van der Waals surface area contributed by atoms with Crippen LogP contribution in [0.25, 0.3) is 0 Å². The first-order chi connectivity index (χ1) is 8.93. The molecule has 4 heteroatoms. The van der Waals surface area contributed by atoms with Gasteiger partial charge in [-0.15, -0.1) is 6.58 Å². The maximum Gasteiger partial charge on any atom is 0.187 e. The summed E-state index contributed by atoms with van der Waals surface area (Å²) in [5, 5.41) is 7.50. The van der Waals surface area contributed by atoms with Crippen molar-refractivity contribution in [3.05, 3.63) is 48.0 Å². The second kappa shape index (κ2) is 7.04. The summed E-state index contributed by atoms with van der Waals surface area (Å²) in [6, 6.07) is 8.34. The Morgan fingerprint density at radius 1 is 1.32 bits per heavy atom. The molecule has 0 aliphatic carbocycles. The van der Waals surface area contributed by atoms with E-state index in [9.17, 15) is 0 Å². The van der Waals surface area contributed by atoms with Gasteiger partial charge in [0.2, 0.25) is 0 Å². The number of benzene rings is 1. The van der Waals surface area contributed by atoms with E-state index in [1.54, 1.807) is 12.3 Å². The monoisotopic (exact) mass is 275 g/mol. The number of thiocarbonyl (C=S) groups is 1. The van der Waals surface area contributed by atoms with Crippen LogP contribution in [0.1, 0.15) is 31.9 Å². The molecule has 1 aromatic carbocycles. The van der Waals surface area contributed by atoms with Gasteiger partial charge < -0.3 is 5.32 Å². The first-order valence-corrected chi connectivity index (χ1v) is 6.62. The van der Waals surface area contributed by atoms with Gasteiger partial charge >= 0.3 is 0 Å². The largest absolute Gasteiger partial charge is 0.358 e. The smallest absolute Gasteiger partial charge is 0.187 e. The Morgan fingerprint density at radius 2 is 1.95 bits per heavy atom. The van der Waals surface area contributed by atoms with Crippen LogP contribution in [0.2, 0.25) is 0 Å². The van der Waals surface area contributed by atoms with Crippen molar-refractivity contribution >= 4 is 23.5 Å². The lowest BCUT2D eigenvalue weighted by molar-refractivity contribution is 0.590. The zero-order chi connectivity index (χ0) is 14.3. The molecule has 0 atom stereocenters. The summed E-state index contributed by atoms with van der Waals surface area (Å²) in [4.78, 5) is 0. The van der Waals surface area contributed by atoms with Crippen LogP contribution in [0.3, 0.4) is 0 Å². The minimum Gasteiger partial charge on any atom is -0.358 e. The van der Waals surface area contributed by atoms with Crippen molar-refractivity contribution in [1.29, 1.82) is 0 Å². The lowest BCUT2D eigenvalue weighted by Crippen LogP contribution is -2.31. The van der Waals surface area contributed by atoms with E-state index < -0.39 is 0 Å². The first-order valence-electron chi connectivity index (χ1n) is 6.22. The third-order valence-electron chi connectivity index (χ3n) is 2.56. The normalized spacial score (nSPS) is 11.3. The lowest BCUT2D eigenvalue weighted by Gasteiger charge is -2.18. The van der Waals surface area contributed by atoms with Crippen LogP contribution in [0.15, 0.2) is 42.0 Å². The average molecular weight is 275 g/mol. The van der Waals surface area contributed by atoms with Gasteiger partial charge in [-0.3, -0.25) is 5.43 Å². The summed E-state index contributed by atoms with van der Waals surface area (Å²) in [6.45, 7) is 10.8. The summed E-state index contributed by atoms with van der Waals surface area (Å²) in [5.41, 5.74) is 5.26. The Balaban J connectivity index is 2.54. The number of hydrogen-bond acceptors (Lipinski definition) is 2. The van der Waals surface area contributed by atoms with Gasteiger partial charge in [-0.05, 0) is 28.8 Å². The van der Waals surface area contributed by atoms with Crippen molar-refractivity contribution in [3.63, 3.8) is 0 Å². The van der Waals surface area contributed by atoms with E-state index in [0.717, 1.165) is 5.56 Å². The topological polar surface area (TPSA) is 36.4 Å². The van der Waals surface area contributed by atoms with E-state index in [4.69, 9.17) is 12.2 Å². The summed E-state index contributed by atoms with van der Waals surface area (Å²) < 4.78 is 0. The molecular formula is C15H21N3S. The van der Waals surface area contributed by atoms with Crippen LogP contribution in [0.5, 0.6) is 0 Å². The van der Waals surface area contributed by atoms with Gasteiger partial charge in [0.05, 0.1) is 6.21 Å². The van der Waals surface area contributed by atoms with Crippen molar-refractivity contribution in [2.45, 2.75) is 26.2 Å². The minimum atomic E-state index is 0.171. The SMILES string of the molecule is C=CCNC(=S)N/N=C/c1ccc(C(C)(C)C)cc1. The van der Waals surface area contributed by atoms with Gasteiger partial charge in [0, 0.05) is 6.54 Å². The van der Waals surface area contributed by atoms with E-state index in [1.807, 2.05) is 12.1 Å². The highest BCUT2D eigenvalue weighted by atomic mass is 32.1. The highest BCUT2D eigenvalue weighted by Crippen LogP contribution is 2.21. The molecule has 0 saturated carbocycles. The Morgan fingerprint density at radius 3 is 2.47 bits per heavy atom. The van der Waals surface area contributed by atoms with Crippen molar-refractivity contribution < 1.29 is 0 Å². The number of hydrazone groups is 1. The summed E-state index contributed by atoms with van der Waals surface area (Å²) in [7, 11) is 0. The second-order valence-electron chi connectivity index (χ2n) is 5.24. The van der Waals surface area contributed by atoms with Crippen molar-refractivity contribution in [2.75, 3.05) is 6.54 Å². The molecule has 3 nitrogen and oxygen atoms in total. The van der Waals surface area contributed by atoms with Crippen molar-refractivity contribution in [1.82, 2.24) is 10.7 Å². The molecule has 0 fully saturated rings. The molecular weight excluding hydrogens is 254 g/mol. The van der Waals surface area contributed by atoms with Gasteiger partial charge in [-0.25, -0.2) is 0 Å². The molecule has 1 rings (SSSR count). The predicted molar refractivity (Wildman–Crippen MR) is 86.7 cm³/mol. The van der Waals surface area contributed by atoms with Crippen molar-refractivity contribution in [3.8, 4) is 0 Å². The maximum atomic E-state index is 5.02. The molecule has 0 bridgehead atoms. The van der Waals surface area contributed by atoms with Crippen LogP contribution < -0.4 is 10.7 Å². The van der Waals surface area contributed by atoms with E-state index in [1.165, 1.54) is 5.56 Å². The summed E-state index contributed by atoms with van der Waals surface area (Å²) in [5.74, 6) is 0. The van der Waals surface area contributed by atoms with Crippen molar-refractivity contribution in [2.24, 2.45) is 5.10 Å². The molecule has 0 amide bonds. The number of nitrogens with zero attached hydrogens (tertiary/aromatic N) is 1. The zero-order valence-electron chi connectivity index (χ0n) is 11.7. The van der Waals surface area contributed by atoms with Crippen LogP contribution >= 0.6 is 12.2 Å². The summed E-state index contributed by atoms with van der Waals surface area (Å²) >= 11 is 5.02. The van der Waals surface area contributed by atoms with Gasteiger partial charge in [-0.1, -0.05) is 51.1 Å². The van der Waals surface area contributed by atoms with Crippen LogP contribution in [-0.2, 0) is 5.41 Å². The second-order valence-corrected chi connectivity index (χ2v) is 5.65. The Hall–Kier alpha value is -1.68. The molecule has 0 spiro atoms. The lowest BCUT2D eigenvalue weighted by atomic mass is 9.87. The first kappa shape index (κ1) is 15.4. The molecule has 2 N–H and O–H groups in total. The molecule has 19 heavy (non-hydrogen) atoms. The molecule has 0 aromatic heterocycles. The quantitative estimate of drug-likeness (QED) is 0.384. The Kier molecular flexibility index (Phi) is 5.70. The zero-order valence-corrected chi connectivity index (χ0v) is 12.6. The molecule has 102 valence electrons. The molecule has 0 aliphatic heterocycles. The Bertz CT molecular complexity index is 455. The fraction of sp³-hybridized carbons (Fsp3) is 0.333. The fourth-order valence-corrected chi connectivity index (χ4v) is 1.58. The van der Waals surface area contributed by atoms with Crippen LogP contribution in [0.4, 0.5) is 0 Å². The van der Waals surface area contributed by atoms with E-state index in [2.05, 4.69) is 55.3 Å². The van der Waals surface area contributed by atoms with Crippen LogP contribution in [-0.4, -0.2) is 17.9 Å². The molecule has 0 radical (unpaired) electrons. The summed E-state index contributed by atoms with van der Waals surface area (Å²) in [6.07, 6.45) is 3.48. The maximum absolute atomic E-state index is 5.02. The number of rotatable bonds is 4. The van der Waals surface area contributed by atoms with Gasteiger partial charge in [0.15, 0.2) is 5.11 Å². The molecule has 0 heterocycles. The molecule has 0 saturated heterocycles. The van der Waals surface area contributed by atoms with Crippen LogP contribution in [0, 0.1) is 0 Å². The minimum absolute atomic E-state index is 0.171. The van der Waals surface area contributed by atoms with Gasteiger partial charge in [0.1, 0.15) is 0 Å². The average Bonchev–Trinajstić information content (AvgIpc) is 2.36. The Labute approximate surface area is 120 Å².